The van der Waals surface area contributed by atoms with Gasteiger partial charge in [0, 0.05) is 25.1 Å². The molecule has 0 atom stereocenters. The molecule has 3 nitrogen and oxygen atoms in total. The van der Waals surface area contributed by atoms with E-state index in [9.17, 15) is 0 Å². The Morgan fingerprint density at radius 1 is 1.47 bits per heavy atom. The number of nitrogens with zero attached hydrogens (tertiary/aromatic N) is 1. The Morgan fingerprint density at radius 3 is 2.80 bits per heavy atom. The van der Waals surface area contributed by atoms with Crippen molar-refractivity contribution >= 4 is 0 Å². The van der Waals surface area contributed by atoms with Crippen molar-refractivity contribution in [3.8, 4) is 5.88 Å². The van der Waals surface area contributed by atoms with Crippen LogP contribution in [0.5, 0.6) is 5.88 Å². The van der Waals surface area contributed by atoms with Crippen LogP contribution in [-0.4, -0.2) is 22.3 Å². The molecule has 0 amide bonds. The highest BCUT2D eigenvalue weighted by Gasteiger charge is 2.29. The van der Waals surface area contributed by atoms with Crippen LogP contribution >= 0.6 is 0 Å². The van der Waals surface area contributed by atoms with E-state index in [4.69, 9.17) is 9.84 Å². The second-order valence-electron chi connectivity index (χ2n) is 4.12. The SMILES string of the molecule is CCCc1ccc(OC2CC(O)C2)nc1. The smallest absolute Gasteiger partial charge is 0.213 e. The maximum Gasteiger partial charge on any atom is 0.213 e. The Kier molecular flexibility index (Phi) is 3.21. The molecule has 2 rings (SSSR count). The summed E-state index contributed by atoms with van der Waals surface area (Å²) in [5.41, 5.74) is 1.25. The second-order valence-corrected chi connectivity index (χ2v) is 4.12. The number of rotatable bonds is 4. The van der Waals surface area contributed by atoms with Gasteiger partial charge in [0.05, 0.1) is 6.10 Å². The van der Waals surface area contributed by atoms with E-state index in [0.29, 0.717) is 5.88 Å². The van der Waals surface area contributed by atoms with Gasteiger partial charge >= 0.3 is 0 Å². The van der Waals surface area contributed by atoms with Crippen molar-refractivity contribution < 1.29 is 9.84 Å². The maximum absolute atomic E-state index is 9.11. The molecule has 0 spiro atoms. The van der Waals surface area contributed by atoms with Crippen molar-refractivity contribution in [2.75, 3.05) is 0 Å². The van der Waals surface area contributed by atoms with E-state index in [2.05, 4.69) is 18.0 Å². The Morgan fingerprint density at radius 2 is 2.27 bits per heavy atom. The summed E-state index contributed by atoms with van der Waals surface area (Å²) in [6, 6.07) is 3.97. The molecular weight excluding hydrogens is 190 g/mol. The largest absolute Gasteiger partial charge is 0.474 e. The van der Waals surface area contributed by atoms with Gasteiger partial charge in [0.25, 0.3) is 0 Å². The first-order chi connectivity index (χ1) is 7.28. The van der Waals surface area contributed by atoms with E-state index in [0.717, 1.165) is 25.7 Å². The lowest BCUT2D eigenvalue weighted by Crippen LogP contribution is -2.37. The van der Waals surface area contributed by atoms with Gasteiger partial charge < -0.3 is 9.84 Å². The lowest BCUT2D eigenvalue weighted by molar-refractivity contribution is -0.0128. The second kappa shape index (κ2) is 4.62. The van der Waals surface area contributed by atoms with E-state index in [1.165, 1.54) is 5.56 Å². The molecule has 1 aliphatic carbocycles. The van der Waals surface area contributed by atoms with Crippen molar-refractivity contribution in [3.63, 3.8) is 0 Å². The standard InChI is InChI=1S/C12H17NO2/c1-2-3-9-4-5-12(13-8-9)15-11-6-10(14)7-11/h4-5,8,10-11,14H,2-3,6-7H2,1H3. The van der Waals surface area contributed by atoms with Crippen LogP contribution in [0.15, 0.2) is 18.3 Å². The Labute approximate surface area is 90.1 Å². The highest BCUT2D eigenvalue weighted by molar-refractivity contribution is 5.18. The first-order valence-electron chi connectivity index (χ1n) is 5.57. The van der Waals surface area contributed by atoms with Crippen LogP contribution in [0.1, 0.15) is 31.7 Å². The van der Waals surface area contributed by atoms with E-state index >= 15 is 0 Å². The summed E-state index contributed by atoms with van der Waals surface area (Å²) in [5, 5.41) is 9.11. The Hall–Kier alpha value is -1.09. The molecule has 15 heavy (non-hydrogen) atoms. The number of hydrogen-bond donors (Lipinski definition) is 1. The third-order valence-corrected chi connectivity index (χ3v) is 2.69. The molecular formula is C12H17NO2. The molecule has 0 aromatic carbocycles. The first-order valence-corrected chi connectivity index (χ1v) is 5.57. The fraction of sp³-hybridized carbons (Fsp3) is 0.583. The van der Waals surface area contributed by atoms with Gasteiger partial charge in [-0.2, -0.15) is 0 Å². The zero-order valence-corrected chi connectivity index (χ0v) is 9.02. The van der Waals surface area contributed by atoms with Crippen LogP contribution in [0.4, 0.5) is 0 Å². The molecule has 1 N–H and O–H groups in total. The molecule has 0 radical (unpaired) electrons. The van der Waals surface area contributed by atoms with Gasteiger partial charge in [0.15, 0.2) is 0 Å². The molecule has 0 unspecified atom stereocenters. The fourth-order valence-corrected chi connectivity index (χ4v) is 1.72. The van der Waals surface area contributed by atoms with E-state index in [1.807, 2.05) is 12.3 Å². The summed E-state index contributed by atoms with van der Waals surface area (Å²) in [6.45, 7) is 2.15. The first kappa shape index (κ1) is 10.4. The van der Waals surface area contributed by atoms with Crippen molar-refractivity contribution in [3.05, 3.63) is 23.9 Å². The predicted octanol–water partition coefficient (Wildman–Crippen LogP) is 1.94. The number of pyridine rings is 1. The van der Waals surface area contributed by atoms with Crippen LogP contribution in [0, 0.1) is 0 Å². The normalized spacial score (nSPS) is 24.7. The number of aliphatic hydroxyl groups is 1. The molecule has 3 heteroatoms. The van der Waals surface area contributed by atoms with Gasteiger partial charge in [-0.1, -0.05) is 19.4 Å². The van der Waals surface area contributed by atoms with Crippen LogP contribution in [0.2, 0.25) is 0 Å². The molecule has 0 saturated heterocycles. The fourth-order valence-electron chi connectivity index (χ4n) is 1.72. The quantitative estimate of drug-likeness (QED) is 0.820. The molecule has 1 fully saturated rings. The maximum atomic E-state index is 9.11. The predicted molar refractivity (Wildman–Crippen MR) is 57.9 cm³/mol. The molecule has 1 heterocycles. The van der Waals surface area contributed by atoms with Crippen molar-refractivity contribution in [1.29, 1.82) is 0 Å². The third kappa shape index (κ3) is 2.69. The summed E-state index contributed by atoms with van der Waals surface area (Å²) in [4.78, 5) is 4.24. The molecule has 1 aliphatic rings. The Balaban J connectivity index is 1.87. The molecule has 1 aromatic heterocycles. The van der Waals surface area contributed by atoms with Crippen LogP contribution in [0.3, 0.4) is 0 Å². The molecule has 1 aromatic rings. The topological polar surface area (TPSA) is 42.4 Å². The minimum Gasteiger partial charge on any atom is -0.474 e. The number of aryl methyl sites for hydroxylation is 1. The highest BCUT2D eigenvalue weighted by atomic mass is 16.5. The van der Waals surface area contributed by atoms with E-state index in [1.54, 1.807) is 0 Å². The monoisotopic (exact) mass is 207 g/mol. The average Bonchev–Trinajstić information content (AvgIpc) is 2.19. The molecule has 1 saturated carbocycles. The van der Waals surface area contributed by atoms with Crippen molar-refractivity contribution in [1.82, 2.24) is 4.98 Å². The van der Waals surface area contributed by atoms with Crippen LogP contribution < -0.4 is 4.74 Å². The summed E-state index contributed by atoms with van der Waals surface area (Å²) in [7, 11) is 0. The van der Waals surface area contributed by atoms with Crippen molar-refractivity contribution in [2.45, 2.75) is 44.8 Å². The van der Waals surface area contributed by atoms with Gasteiger partial charge in [-0.3, -0.25) is 0 Å². The molecule has 82 valence electrons. The van der Waals surface area contributed by atoms with E-state index in [-0.39, 0.29) is 12.2 Å². The average molecular weight is 207 g/mol. The summed E-state index contributed by atoms with van der Waals surface area (Å²) >= 11 is 0. The summed E-state index contributed by atoms with van der Waals surface area (Å²) < 4.78 is 5.58. The lowest BCUT2D eigenvalue weighted by atomic mass is 9.92. The van der Waals surface area contributed by atoms with Crippen LogP contribution in [0.25, 0.3) is 0 Å². The third-order valence-electron chi connectivity index (χ3n) is 2.69. The minimum absolute atomic E-state index is 0.157. The number of aromatic nitrogens is 1. The van der Waals surface area contributed by atoms with Gasteiger partial charge in [-0.25, -0.2) is 4.98 Å². The highest BCUT2D eigenvalue weighted by Crippen LogP contribution is 2.24. The summed E-state index contributed by atoms with van der Waals surface area (Å²) in [6.07, 6.45) is 5.52. The molecule has 0 bridgehead atoms. The van der Waals surface area contributed by atoms with Gasteiger partial charge in [-0.15, -0.1) is 0 Å². The summed E-state index contributed by atoms with van der Waals surface area (Å²) in [5.74, 6) is 0.673. The molecule has 0 aliphatic heterocycles. The van der Waals surface area contributed by atoms with Crippen molar-refractivity contribution in [2.24, 2.45) is 0 Å². The van der Waals surface area contributed by atoms with Gasteiger partial charge in [0.1, 0.15) is 6.10 Å². The van der Waals surface area contributed by atoms with Crippen LogP contribution in [-0.2, 0) is 6.42 Å². The number of aliphatic hydroxyl groups excluding tert-OH is 1. The van der Waals surface area contributed by atoms with Gasteiger partial charge in [-0.05, 0) is 12.0 Å². The lowest BCUT2D eigenvalue weighted by Gasteiger charge is -2.31. The number of hydrogen-bond acceptors (Lipinski definition) is 3. The zero-order valence-electron chi connectivity index (χ0n) is 9.02. The Bertz CT molecular complexity index is 304. The minimum atomic E-state index is -0.172. The van der Waals surface area contributed by atoms with E-state index < -0.39 is 0 Å². The number of ether oxygens (including phenoxy) is 1. The van der Waals surface area contributed by atoms with Gasteiger partial charge in [0.2, 0.25) is 5.88 Å². The zero-order chi connectivity index (χ0) is 10.7.